The van der Waals surface area contributed by atoms with Crippen LogP contribution in [0.25, 0.3) is 0 Å². The third kappa shape index (κ3) is 2.45. The van der Waals surface area contributed by atoms with Crippen molar-refractivity contribution in [1.29, 1.82) is 0 Å². The summed E-state index contributed by atoms with van der Waals surface area (Å²) in [6.45, 7) is 6.27. The van der Waals surface area contributed by atoms with Crippen LogP contribution in [0.4, 0.5) is 5.69 Å². The van der Waals surface area contributed by atoms with Crippen molar-refractivity contribution in [1.82, 2.24) is 0 Å². The van der Waals surface area contributed by atoms with Gasteiger partial charge in [-0.25, -0.2) is 0 Å². The van der Waals surface area contributed by atoms with Gasteiger partial charge in [0.2, 0.25) is 0 Å². The number of hydrogen-bond acceptors (Lipinski definition) is 4. The number of carbonyl (C=O) groups excluding carboxylic acids is 1. The fourth-order valence-electron chi connectivity index (χ4n) is 2.18. The highest BCUT2D eigenvalue weighted by Crippen LogP contribution is 2.37. The zero-order chi connectivity index (χ0) is 14.0. The van der Waals surface area contributed by atoms with Crippen LogP contribution in [0.1, 0.15) is 26.3 Å². The minimum absolute atomic E-state index is 0.347. The van der Waals surface area contributed by atoms with Crippen LogP contribution in [0.2, 0.25) is 5.02 Å². The van der Waals surface area contributed by atoms with Crippen LogP contribution in [0.3, 0.4) is 0 Å². The molecule has 0 aromatic heterocycles. The number of hydrogen-bond donors (Lipinski definition) is 1. The molecule has 0 radical (unpaired) electrons. The van der Waals surface area contributed by atoms with Gasteiger partial charge in [0.1, 0.15) is 12.9 Å². The number of nitrogens with one attached hydrogen (secondary N) is 1. The van der Waals surface area contributed by atoms with Crippen molar-refractivity contribution in [2.75, 3.05) is 11.9 Å². The highest BCUT2D eigenvalue weighted by atomic mass is 35.5. The lowest BCUT2D eigenvalue weighted by atomic mass is 9.74. The Balaban J connectivity index is 2.59. The minimum atomic E-state index is -0.464. The standard InChI is InChI=1S/C14H17ClN2O2/c1-4-19-17-13-10-7-9(15)5-6-11(10)16-12(8-18)14(13,2)3/h5-8,12,16H,4H2,1-3H3/b17-13+. The summed E-state index contributed by atoms with van der Waals surface area (Å²) in [4.78, 5) is 16.5. The number of aldehydes is 1. The van der Waals surface area contributed by atoms with Crippen LogP contribution in [0.5, 0.6) is 0 Å². The van der Waals surface area contributed by atoms with Crippen LogP contribution in [-0.4, -0.2) is 24.6 Å². The normalized spacial score (nSPS) is 22.5. The second-order valence-corrected chi connectivity index (χ2v) is 5.46. The van der Waals surface area contributed by atoms with E-state index in [4.69, 9.17) is 16.4 Å². The van der Waals surface area contributed by atoms with E-state index in [1.807, 2.05) is 32.9 Å². The zero-order valence-electron chi connectivity index (χ0n) is 11.2. The minimum Gasteiger partial charge on any atom is -0.396 e. The molecule has 0 bridgehead atoms. The molecule has 0 spiro atoms. The van der Waals surface area contributed by atoms with Crippen molar-refractivity contribution in [3.63, 3.8) is 0 Å². The molecule has 102 valence electrons. The highest BCUT2D eigenvalue weighted by Gasteiger charge is 2.41. The van der Waals surface area contributed by atoms with E-state index >= 15 is 0 Å². The van der Waals surface area contributed by atoms with Crippen molar-refractivity contribution in [3.05, 3.63) is 28.8 Å². The molecule has 1 unspecified atom stereocenters. The van der Waals surface area contributed by atoms with Gasteiger partial charge in [-0.05, 0) is 25.1 Å². The average molecular weight is 281 g/mol. The van der Waals surface area contributed by atoms with Crippen LogP contribution >= 0.6 is 11.6 Å². The van der Waals surface area contributed by atoms with Gasteiger partial charge in [-0.15, -0.1) is 0 Å². The van der Waals surface area contributed by atoms with E-state index in [2.05, 4.69) is 10.5 Å². The van der Waals surface area contributed by atoms with Crippen molar-refractivity contribution < 1.29 is 9.63 Å². The molecule has 0 saturated carbocycles. The summed E-state index contributed by atoms with van der Waals surface area (Å²) < 4.78 is 0. The lowest BCUT2D eigenvalue weighted by Gasteiger charge is -2.38. The molecule has 0 aliphatic carbocycles. The number of carbonyl (C=O) groups is 1. The van der Waals surface area contributed by atoms with Crippen molar-refractivity contribution in [2.45, 2.75) is 26.8 Å². The fourth-order valence-corrected chi connectivity index (χ4v) is 2.35. The summed E-state index contributed by atoms with van der Waals surface area (Å²) >= 11 is 6.05. The smallest absolute Gasteiger partial charge is 0.143 e. The molecule has 0 amide bonds. The molecule has 1 heterocycles. The third-order valence-electron chi connectivity index (χ3n) is 3.36. The molecular formula is C14H17ClN2O2. The average Bonchev–Trinajstić information content (AvgIpc) is 2.37. The number of nitrogens with zero attached hydrogens (tertiary/aromatic N) is 1. The number of fused-ring (bicyclic) bond motifs is 1. The maximum atomic E-state index is 11.3. The van der Waals surface area contributed by atoms with Gasteiger partial charge >= 0.3 is 0 Å². The summed E-state index contributed by atoms with van der Waals surface area (Å²) in [5.74, 6) is 0. The second kappa shape index (κ2) is 5.21. The van der Waals surface area contributed by atoms with Crippen molar-refractivity contribution in [3.8, 4) is 0 Å². The van der Waals surface area contributed by atoms with Gasteiger partial charge in [-0.3, -0.25) is 0 Å². The Morgan fingerprint density at radius 1 is 1.53 bits per heavy atom. The molecule has 1 aromatic carbocycles. The van der Waals surface area contributed by atoms with Crippen molar-refractivity contribution in [2.24, 2.45) is 10.6 Å². The SMILES string of the molecule is CCO/N=C1\c2cc(Cl)ccc2NC(C=O)C1(C)C. The molecule has 0 saturated heterocycles. The quantitative estimate of drug-likeness (QED) is 0.684. The van der Waals surface area contributed by atoms with Crippen LogP contribution in [-0.2, 0) is 9.63 Å². The summed E-state index contributed by atoms with van der Waals surface area (Å²) in [5, 5.41) is 8.03. The predicted molar refractivity (Wildman–Crippen MR) is 76.9 cm³/mol. The third-order valence-corrected chi connectivity index (χ3v) is 3.59. The van der Waals surface area contributed by atoms with Gasteiger partial charge in [0.25, 0.3) is 0 Å². The number of benzene rings is 1. The molecule has 1 aliphatic rings. The Morgan fingerprint density at radius 3 is 2.89 bits per heavy atom. The first kappa shape index (κ1) is 13.9. The predicted octanol–water partition coefficient (Wildman–Crippen LogP) is 3.10. The zero-order valence-corrected chi connectivity index (χ0v) is 12.0. The first-order chi connectivity index (χ1) is 9.00. The van der Waals surface area contributed by atoms with E-state index < -0.39 is 5.41 Å². The van der Waals surface area contributed by atoms with Crippen LogP contribution < -0.4 is 5.32 Å². The maximum absolute atomic E-state index is 11.3. The number of oxime groups is 1. The Hall–Kier alpha value is -1.55. The van der Waals surface area contributed by atoms with Gasteiger partial charge < -0.3 is 14.9 Å². The van der Waals surface area contributed by atoms with Crippen LogP contribution in [0, 0.1) is 5.41 Å². The molecule has 1 N–H and O–H groups in total. The Kier molecular flexibility index (Phi) is 3.80. The summed E-state index contributed by atoms with van der Waals surface area (Å²) in [5.41, 5.74) is 2.00. The number of halogens is 1. The second-order valence-electron chi connectivity index (χ2n) is 5.03. The van der Waals surface area contributed by atoms with E-state index in [9.17, 15) is 4.79 Å². The largest absolute Gasteiger partial charge is 0.396 e. The van der Waals surface area contributed by atoms with Gasteiger partial charge in [0.15, 0.2) is 0 Å². The highest BCUT2D eigenvalue weighted by molar-refractivity contribution is 6.31. The summed E-state index contributed by atoms with van der Waals surface area (Å²) in [7, 11) is 0. The Labute approximate surface area is 117 Å². The van der Waals surface area contributed by atoms with Crippen LogP contribution in [0.15, 0.2) is 23.4 Å². The Bertz CT molecular complexity index is 526. The molecule has 19 heavy (non-hydrogen) atoms. The molecular weight excluding hydrogens is 264 g/mol. The van der Waals surface area contributed by atoms with E-state index in [1.54, 1.807) is 6.07 Å². The lowest BCUT2D eigenvalue weighted by molar-refractivity contribution is -0.109. The monoisotopic (exact) mass is 280 g/mol. The van der Waals surface area contributed by atoms with E-state index in [0.29, 0.717) is 11.6 Å². The molecule has 2 rings (SSSR count). The van der Waals surface area contributed by atoms with Gasteiger partial charge in [-0.1, -0.05) is 30.6 Å². The van der Waals surface area contributed by atoms with Gasteiger partial charge in [-0.2, -0.15) is 0 Å². The molecule has 1 aromatic rings. The fraction of sp³-hybridized carbons (Fsp3) is 0.429. The first-order valence-electron chi connectivity index (χ1n) is 6.23. The molecule has 1 aliphatic heterocycles. The van der Waals surface area contributed by atoms with E-state index in [0.717, 1.165) is 23.2 Å². The molecule has 5 heteroatoms. The number of anilines is 1. The summed E-state index contributed by atoms with van der Waals surface area (Å²) in [6.07, 6.45) is 0.902. The molecule has 0 fully saturated rings. The first-order valence-corrected chi connectivity index (χ1v) is 6.60. The topological polar surface area (TPSA) is 50.7 Å². The number of rotatable bonds is 3. The lowest BCUT2D eigenvalue weighted by Crippen LogP contribution is -2.47. The van der Waals surface area contributed by atoms with Gasteiger partial charge in [0.05, 0.1) is 11.8 Å². The van der Waals surface area contributed by atoms with E-state index in [-0.39, 0.29) is 6.04 Å². The maximum Gasteiger partial charge on any atom is 0.143 e. The molecule has 4 nitrogen and oxygen atoms in total. The summed E-state index contributed by atoms with van der Waals surface area (Å²) in [6, 6.07) is 5.13. The molecule has 1 atom stereocenters. The van der Waals surface area contributed by atoms with Crippen molar-refractivity contribution >= 4 is 29.3 Å². The van der Waals surface area contributed by atoms with E-state index in [1.165, 1.54) is 0 Å². The Morgan fingerprint density at radius 2 is 2.26 bits per heavy atom. The van der Waals surface area contributed by atoms with Gasteiger partial charge in [0, 0.05) is 21.7 Å².